The Bertz CT molecular complexity index is 428. The van der Waals surface area contributed by atoms with Crippen molar-refractivity contribution in [1.82, 2.24) is 20.5 Å². The lowest BCUT2D eigenvalue weighted by Crippen LogP contribution is -2.52. The molecule has 106 valence electrons. The largest absolute Gasteiger partial charge is 0.346 e. The van der Waals surface area contributed by atoms with Crippen molar-refractivity contribution in [1.29, 1.82) is 0 Å². The van der Waals surface area contributed by atoms with Crippen LogP contribution in [0.1, 0.15) is 29.8 Å². The van der Waals surface area contributed by atoms with Gasteiger partial charge in [0.15, 0.2) is 0 Å². The second kappa shape index (κ2) is 6.45. The first-order chi connectivity index (χ1) is 9.08. The summed E-state index contributed by atoms with van der Waals surface area (Å²) in [7, 11) is 0. The lowest BCUT2D eigenvalue weighted by atomic mass is 10.2. The fraction of sp³-hybridized carbons (Fsp3) is 0.692. The van der Waals surface area contributed by atoms with E-state index in [1.165, 1.54) is 4.88 Å². The Morgan fingerprint density at radius 1 is 1.47 bits per heavy atom. The minimum absolute atomic E-state index is 0.0171. The molecule has 2 unspecified atom stereocenters. The van der Waals surface area contributed by atoms with Gasteiger partial charge in [0.25, 0.3) is 0 Å². The van der Waals surface area contributed by atoms with Crippen molar-refractivity contribution in [2.24, 2.45) is 0 Å². The highest BCUT2D eigenvalue weighted by Gasteiger charge is 2.24. The van der Waals surface area contributed by atoms with E-state index in [-0.39, 0.29) is 18.0 Å². The number of thiazole rings is 1. The third-order valence-corrected chi connectivity index (χ3v) is 4.54. The van der Waals surface area contributed by atoms with Gasteiger partial charge in [-0.3, -0.25) is 9.69 Å². The van der Waals surface area contributed by atoms with Crippen molar-refractivity contribution < 1.29 is 4.79 Å². The first-order valence-electron chi connectivity index (χ1n) is 6.75. The summed E-state index contributed by atoms with van der Waals surface area (Å²) in [4.78, 5) is 19.9. The fourth-order valence-corrected chi connectivity index (χ4v) is 2.98. The Morgan fingerprint density at radius 2 is 2.16 bits per heavy atom. The van der Waals surface area contributed by atoms with Gasteiger partial charge in [0.1, 0.15) is 5.01 Å². The standard InChI is InChI=1S/C13H22N4OS/c1-9-8-15-13(19-9)10(2)16-12(18)11(3)17-6-4-14-5-7-17/h8,10-11,14H,4-7H2,1-3H3,(H,16,18). The summed E-state index contributed by atoms with van der Waals surface area (Å²) >= 11 is 1.64. The fourth-order valence-electron chi connectivity index (χ4n) is 2.20. The summed E-state index contributed by atoms with van der Waals surface area (Å²) in [6.45, 7) is 9.76. The topological polar surface area (TPSA) is 57.3 Å². The third kappa shape index (κ3) is 3.75. The van der Waals surface area contributed by atoms with E-state index in [2.05, 4.69) is 20.5 Å². The van der Waals surface area contributed by atoms with Crippen molar-refractivity contribution in [3.63, 3.8) is 0 Å². The van der Waals surface area contributed by atoms with E-state index < -0.39 is 0 Å². The number of hydrogen-bond donors (Lipinski definition) is 2. The molecule has 0 aliphatic carbocycles. The minimum Gasteiger partial charge on any atom is -0.346 e. The van der Waals surface area contributed by atoms with E-state index in [0.29, 0.717) is 0 Å². The van der Waals surface area contributed by atoms with Gasteiger partial charge in [-0.05, 0) is 20.8 Å². The lowest BCUT2D eigenvalue weighted by Gasteiger charge is -2.32. The summed E-state index contributed by atoms with van der Waals surface area (Å²) in [5, 5.41) is 7.32. The molecule has 1 fully saturated rings. The predicted octanol–water partition coefficient (Wildman–Crippen LogP) is 0.922. The van der Waals surface area contributed by atoms with Gasteiger partial charge >= 0.3 is 0 Å². The van der Waals surface area contributed by atoms with Crippen LogP contribution >= 0.6 is 11.3 Å². The molecule has 2 rings (SSSR count). The van der Waals surface area contributed by atoms with Crippen LogP contribution in [-0.2, 0) is 4.79 Å². The predicted molar refractivity (Wildman–Crippen MR) is 77.3 cm³/mol. The number of nitrogens with zero attached hydrogens (tertiary/aromatic N) is 2. The molecule has 0 aromatic carbocycles. The molecular formula is C13H22N4OS. The molecule has 0 saturated carbocycles. The van der Waals surface area contributed by atoms with E-state index in [1.807, 2.05) is 27.0 Å². The Kier molecular flexibility index (Phi) is 4.90. The van der Waals surface area contributed by atoms with E-state index in [1.54, 1.807) is 11.3 Å². The second-order valence-corrected chi connectivity index (χ2v) is 6.27. The third-order valence-electron chi connectivity index (χ3n) is 3.45. The van der Waals surface area contributed by atoms with Crippen LogP contribution in [0.4, 0.5) is 0 Å². The van der Waals surface area contributed by atoms with E-state index in [0.717, 1.165) is 31.2 Å². The van der Waals surface area contributed by atoms with Crippen LogP contribution in [0.3, 0.4) is 0 Å². The number of aryl methyl sites for hydroxylation is 1. The van der Waals surface area contributed by atoms with E-state index in [4.69, 9.17) is 0 Å². The van der Waals surface area contributed by atoms with E-state index in [9.17, 15) is 4.79 Å². The number of hydrogen-bond acceptors (Lipinski definition) is 5. The summed E-state index contributed by atoms with van der Waals surface area (Å²) < 4.78 is 0. The molecule has 2 N–H and O–H groups in total. The average molecular weight is 282 g/mol. The summed E-state index contributed by atoms with van der Waals surface area (Å²) in [5.41, 5.74) is 0. The number of rotatable bonds is 4. The quantitative estimate of drug-likeness (QED) is 0.862. The van der Waals surface area contributed by atoms with Crippen LogP contribution in [-0.4, -0.2) is 48.0 Å². The Balaban J connectivity index is 1.89. The van der Waals surface area contributed by atoms with Crippen molar-refractivity contribution >= 4 is 17.2 Å². The molecule has 5 nitrogen and oxygen atoms in total. The summed E-state index contributed by atoms with van der Waals surface area (Å²) in [6, 6.07) is -0.0952. The Morgan fingerprint density at radius 3 is 2.74 bits per heavy atom. The number of amides is 1. The summed E-state index contributed by atoms with van der Waals surface area (Å²) in [6.07, 6.45) is 1.85. The first-order valence-corrected chi connectivity index (χ1v) is 7.57. The highest BCUT2D eigenvalue weighted by Crippen LogP contribution is 2.19. The van der Waals surface area contributed by atoms with Crippen molar-refractivity contribution in [3.8, 4) is 0 Å². The Labute approximate surface area is 118 Å². The van der Waals surface area contributed by atoms with Gasteiger partial charge in [-0.25, -0.2) is 4.98 Å². The molecule has 0 bridgehead atoms. The maximum absolute atomic E-state index is 12.2. The average Bonchev–Trinajstić information content (AvgIpc) is 2.85. The monoisotopic (exact) mass is 282 g/mol. The molecular weight excluding hydrogens is 260 g/mol. The molecule has 0 radical (unpaired) electrons. The smallest absolute Gasteiger partial charge is 0.237 e. The molecule has 1 amide bonds. The Hall–Kier alpha value is -0.980. The molecule has 2 heterocycles. The number of carbonyl (C=O) groups excluding carboxylic acids is 1. The molecule has 1 saturated heterocycles. The van der Waals surface area contributed by atoms with Gasteiger partial charge in [0.05, 0.1) is 12.1 Å². The van der Waals surface area contributed by atoms with Crippen LogP contribution in [0.25, 0.3) is 0 Å². The van der Waals surface area contributed by atoms with Gasteiger partial charge < -0.3 is 10.6 Å². The minimum atomic E-state index is -0.0781. The van der Waals surface area contributed by atoms with Crippen molar-refractivity contribution in [2.75, 3.05) is 26.2 Å². The first kappa shape index (κ1) is 14.4. The van der Waals surface area contributed by atoms with Crippen LogP contribution in [0.2, 0.25) is 0 Å². The van der Waals surface area contributed by atoms with Crippen LogP contribution in [0.15, 0.2) is 6.20 Å². The van der Waals surface area contributed by atoms with E-state index >= 15 is 0 Å². The molecule has 6 heteroatoms. The number of piperazine rings is 1. The number of aromatic nitrogens is 1. The molecule has 1 aromatic heterocycles. The zero-order chi connectivity index (χ0) is 13.8. The molecule has 19 heavy (non-hydrogen) atoms. The van der Waals surface area contributed by atoms with Gasteiger partial charge in [-0.15, -0.1) is 11.3 Å². The zero-order valence-electron chi connectivity index (χ0n) is 11.8. The van der Waals surface area contributed by atoms with Gasteiger partial charge in [-0.2, -0.15) is 0 Å². The number of carbonyl (C=O) groups is 1. The maximum atomic E-state index is 12.2. The second-order valence-electron chi connectivity index (χ2n) is 5.00. The van der Waals surface area contributed by atoms with Crippen molar-refractivity contribution in [3.05, 3.63) is 16.1 Å². The van der Waals surface area contributed by atoms with Crippen molar-refractivity contribution in [2.45, 2.75) is 32.9 Å². The molecule has 1 aliphatic heterocycles. The highest BCUT2D eigenvalue weighted by atomic mass is 32.1. The molecule has 1 aliphatic rings. The lowest BCUT2D eigenvalue weighted by molar-refractivity contribution is -0.126. The normalized spacial score (nSPS) is 19.9. The molecule has 2 atom stereocenters. The van der Waals surface area contributed by atoms with Gasteiger partial charge in [-0.1, -0.05) is 0 Å². The molecule has 1 aromatic rings. The summed E-state index contributed by atoms with van der Waals surface area (Å²) in [5.74, 6) is 0.0854. The van der Waals surface area contributed by atoms with Gasteiger partial charge in [0.2, 0.25) is 5.91 Å². The zero-order valence-corrected chi connectivity index (χ0v) is 12.6. The van der Waals surface area contributed by atoms with Crippen LogP contribution in [0.5, 0.6) is 0 Å². The van der Waals surface area contributed by atoms with Gasteiger partial charge in [0, 0.05) is 37.3 Å². The maximum Gasteiger partial charge on any atom is 0.237 e. The van der Waals surface area contributed by atoms with Crippen LogP contribution in [0, 0.1) is 6.92 Å². The van der Waals surface area contributed by atoms with Crippen LogP contribution < -0.4 is 10.6 Å². The SMILES string of the molecule is Cc1cnc(C(C)NC(=O)C(C)N2CCNCC2)s1. The highest BCUT2D eigenvalue weighted by molar-refractivity contribution is 7.11. The molecule has 0 spiro atoms. The number of nitrogens with one attached hydrogen (secondary N) is 2.